The van der Waals surface area contributed by atoms with Crippen LogP contribution in [0.25, 0.3) is 0 Å². The number of ether oxygens (including phenoxy) is 1. The number of nitrogens with zero attached hydrogens (tertiary/aromatic N) is 1. The van der Waals surface area contributed by atoms with Gasteiger partial charge in [0.15, 0.2) is 0 Å². The van der Waals surface area contributed by atoms with Gasteiger partial charge in [-0.15, -0.1) is 0 Å². The Kier molecular flexibility index (Phi) is 5.58. The van der Waals surface area contributed by atoms with Gasteiger partial charge in [-0.05, 0) is 41.2 Å². The molecule has 0 heterocycles. The second kappa shape index (κ2) is 5.91. The van der Waals surface area contributed by atoms with Crippen LogP contribution in [0.5, 0.6) is 0 Å². The van der Waals surface area contributed by atoms with Gasteiger partial charge >= 0.3 is 5.97 Å². The number of carbonyl (C=O) groups is 1. The highest BCUT2D eigenvalue weighted by molar-refractivity contribution is 5.86. The van der Waals surface area contributed by atoms with Gasteiger partial charge in [0.2, 0.25) is 0 Å². The van der Waals surface area contributed by atoms with Crippen molar-refractivity contribution in [3.8, 4) is 0 Å². The normalized spacial score (nSPS) is 11.6. The van der Waals surface area contributed by atoms with Crippen molar-refractivity contribution in [3.05, 3.63) is 12.2 Å². The molecule has 0 rings (SSSR count). The first-order valence-corrected chi connectivity index (χ1v) is 5.29. The largest absolute Gasteiger partial charge is 0.462 e. The summed E-state index contributed by atoms with van der Waals surface area (Å²) in [5.74, 6) is -0.298. The zero-order valence-corrected chi connectivity index (χ0v) is 10.6. The average molecular weight is 213 g/mol. The van der Waals surface area contributed by atoms with Crippen molar-refractivity contribution in [3.63, 3.8) is 0 Å². The summed E-state index contributed by atoms with van der Waals surface area (Å²) in [5, 5.41) is 0. The Hall–Kier alpha value is -0.830. The molecule has 0 N–H and O–H groups in total. The van der Waals surface area contributed by atoms with Crippen LogP contribution in [-0.2, 0) is 9.53 Å². The first-order valence-electron chi connectivity index (χ1n) is 5.29. The van der Waals surface area contributed by atoms with Gasteiger partial charge in [0, 0.05) is 17.7 Å². The second-order valence-electron chi connectivity index (χ2n) is 4.86. The number of hydrogen-bond donors (Lipinski definition) is 0. The smallest absolute Gasteiger partial charge is 0.333 e. The Labute approximate surface area is 93.1 Å². The topological polar surface area (TPSA) is 29.5 Å². The monoisotopic (exact) mass is 213 g/mol. The zero-order valence-electron chi connectivity index (χ0n) is 10.6. The summed E-state index contributed by atoms with van der Waals surface area (Å²) in [4.78, 5) is 13.3. The van der Waals surface area contributed by atoms with Gasteiger partial charge in [0.05, 0.1) is 6.61 Å². The standard InChI is InChI=1S/C12H23NO2/c1-10(2)11(14)15-9-7-8-13(6)12(3,4)5/h1,7-9H2,2-6H3. The summed E-state index contributed by atoms with van der Waals surface area (Å²) >= 11 is 0. The third-order valence-corrected chi connectivity index (χ3v) is 2.36. The van der Waals surface area contributed by atoms with Crippen LogP contribution in [0.1, 0.15) is 34.1 Å². The number of esters is 1. The molecule has 0 aliphatic heterocycles. The molecule has 0 atom stereocenters. The fourth-order valence-electron chi connectivity index (χ4n) is 0.925. The van der Waals surface area contributed by atoms with Crippen LogP contribution < -0.4 is 0 Å². The van der Waals surface area contributed by atoms with Crippen LogP contribution in [0.3, 0.4) is 0 Å². The van der Waals surface area contributed by atoms with E-state index in [1.165, 1.54) is 0 Å². The predicted octanol–water partition coefficient (Wildman–Crippen LogP) is 2.23. The molecule has 0 aliphatic carbocycles. The third kappa shape index (κ3) is 6.28. The van der Waals surface area contributed by atoms with Crippen molar-refractivity contribution in [2.45, 2.75) is 39.7 Å². The number of rotatable bonds is 5. The molecule has 15 heavy (non-hydrogen) atoms. The third-order valence-electron chi connectivity index (χ3n) is 2.36. The molecular weight excluding hydrogens is 190 g/mol. The predicted molar refractivity (Wildman–Crippen MR) is 62.8 cm³/mol. The first-order chi connectivity index (χ1) is 6.75. The highest BCUT2D eigenvalue weighted by Gasteiger charge is 2.16. The zero-order chi connectivity index (χ0) is 12.1. The van der Waals surface area contributed by atoms with E-state index in [9.17, 15) is 4.79 Å². The summed E-state index contributed by atoms with van der Waals surface area (Å²) in [7, 11) is 2.07. The molecule has 0 unspecified atom stereocenters. The molecule has 0 fully saturated rings. The van der Waals surface area contributed by atoms with Crippen LogP contribution >= 0.6 is 0 Å². The van der Waals surface area contributed by atoms with Gasteiger partial charge in [0.1, 0.15) is 0 Å². The van der Waals surface area contributed by atoms with Gasteiger partial charge in [-0.25, -0.2) is 4.79 Å². The SMILES string of the molecule is C=C(C)C(=O)OCCCN(C)C(C)(C)C. The molecule has 0 aliphatic rings. The lowest BCUT2D eigenvalue weighted by Gasteiger charge is -2.31. The molecule has 0 spiro atoms. The van der Waals surface area contributed by atoms with Crippen LogP contribution in [-0.4, -0.2) is 36.6 Å². The Bertz CT molecular complexity index is 228. The van der Waals surface area contributed by atoms with Crippen LogP contribution in [0.15, 0.2) is 12.2 Å². The minimum absolute atomic E-state index is 0.165. The van der Waals surface area contributed by atoms with Crippen LogP contribution in [0.2, 0.25) is 0 Å². The molecule has 0 aromatic carbocycles. The van der Waals surface area contributed by atoms with Crippen molar-refractivity contribution in [1.29, 1.82) is 0 Å². The first kappa shape index (κ1) is 14.2. The Morgan fingerprint density at radius 2 is 1.93 bits per heavy atom. The lowest BCUT2D eigenvalue weighted by molar-refractivity contribution is -0.139. The van der Waals surface area contributed by atoms with Gasteiger partial charge in [-0.3, -0.25) is 0 Å². The minimum Gasteiger partial charge on any atom is -0.462 e. The van der Waals surface area contributed by atoms with E-state index in [0.29, 0.717) is 12.2 Å². The molecule has 0 aromatic heterocycles. The van der Waals surface area contributed by atoms with Crippen molar-refractivity contribution >= 4 is 5.97 Å². The number of carbonyl (C=O) groups excluding carboxylic acids is 1. The second-order valence-corrected chi connectivity index (χ2v) is 4.86. The fraction of sp³-hybridized carbons (Fsp3) is 0.750. The highest BCUT2D eigenvalue weighted by Crippen LogP contribution is 2.10. The maximum absolute atomic E-state index is 11.0. The molecule has 88 valence electrons. The summed E-state index contributed by atoms with van der Waals surface area (Å²) in [6, 6.07) is 0. The van der Waals surface area contributed by atoms with E-state index in [2.05, 4.69) is 39.3 Å². The molecular formula is C12H23NO2. The molecule has 0 radical (unpaired) electrons. The van der Waals surface area contributed by atoms with E-state index >= 15 is 0 Å². The van der Waals surface area contributed by atoms with E-state index in [1.54, 1.807) is 6.92 Å². The van der Waals surface area contributed by atoms with E-state index in [-0.39, 0.29) is 11.5 Å². The van der Waals surface area contributed by atoms with E-state index in [0.717, 1.165) is 13.0 Å². The van der Waals surface area contributed by atoms with Crippen molar-refractivity contribution in [2.75, 3.05) is 20.2 Å². The lowest BCUT2D eigenvalue weighted by atomic mass is 10.1. The molecule has 0 saturated carbocycles. The maximum atomic E-state index is 11.0. The quantitative estimate of drug-likeness (QED) is 0.398. The van der Waals surface area contributed by atoms with Crippen molar-refractivity contribution < 1.29 is 9.53 Å². The number of hydrogen-bond acceptors (Lipinski definition) is 3. The van der Waals surface area contributed by atoms with Crippen LogP contribution in [0.4, 0.5) is 0 Å². The van der Waals surface area contributed by atoms with Crippen LogP contribution in [0, 0.1) is 0 Å². The average Bonchev–Trinajstić information content (AvgIpc) is 2.09. The Morgan fingerprint density at radius 3 is 2.33 bits per heavy atom. The Balaban J connectivity index is 3.64. The summed E-state index contributed by atoms with van der Waals surface area (Å²) in [5.41, 5.74) is 0.623. The molecule has 0 bridgehead atoms. The Morgan fingerprint density at radius 1 is 1.40 bits per heavy atom. The molecule has 3 nitrogen and oxygen atoms in total. The highest BCUT2D eigenvalue weighted by atomic mass is 16.5. The van der Waals surface area contributed by atoms with E-state index in [4.69, 9.17) is 4.74 Å². The molecule has 3 heteroatoms. The van der Waals surface area contributed by atoms with Gasteiger partial charge in [-0.2, -0.15) is 0 Å². The minimum atomic E-state index is -0.298. The molecule has 0 aromatic rings. The fourth-order valence-corrected chi connectivity index (χ4v) is 0.925. The summed E-state index contributed by atoms with van der Waals surface area (Å²) < 4.78 is 5.00. The molecule has 0 amide bonds. The van der Waals surface area contributed by atoms with Gasteiger partial charge in [0.25, 0.3) is 0 Å². The lowest BCUT2D eigenvalue weighted by Crippen LogP contribution is -2.39. The van der Waals surface area contributed by atoms with E-state index in [1.807, 2.05) is 0 Å². The van der Waals surface area contributed by atoms with E-state index < -0.39 is 0 Å². The maximum Gasteiger partial charge on any atom is 0.333 e. The summed E-state index contributed by atoms with van der Waals surface area (Å²) in [6.07, 6.45) is 0.854. The molecule has 0 saturated heterocycles. The van der Waals surface area contributed by atoms with Crippen molar-refractivity contribution in [1.82, 2.24) is 4.90 Å². The van der Waals surface area contributed by atoms with Crippen molar-refractivity contribution in [2.24, 2.45) is 0 Å². The summed E-state index contributed by atoms with van der Waals surface area (Å²) in [6.45, 7) is 13.0. The van der Waals surface area contributed by atoms with Gasteiger partial charge < -0.3 is 9.64 Å². The van der Waals surface area contributed by atoms with Gasteiger partial charge in [-0.1, -0.05) is 6.58 Å².